The van der Waals surface area contributed by atoms with E-state index in [1.54, 1.807) is 6.20 Å². The van der Waals surface area contributed by atoms with Crippen molar-refractivity contribution in [3.8, 4) is 0 Å². The van der Waals surface area contributed by atoms with E-state index < -0.39 is 5.60 Å². The Morgan fingerprint density at radius 3 is 2.71 bits per heavy atom. The van der Waals surface area contributed by atoms with Gasteiger partial charge in [0.15, 0.2) is 5.65 Å². The molecule has 0 atom stereocenters. The van der Waals surface area contributed by atoms with Crippen LogP contribution in [-0.4, -0.2) is 32.6 Å². The normalized spacial score (nSPS) is 27.2. The number of nitrogens with zero attached hydrogens (tertiary/aromatic N) is 2. The summed E-state index contributed by atoms with van der Waals surface area (Å²) in [4.78, 5) is 21.4. The maximum Gasteiger partial charge on any atom is 0.253 e. The Balaban J connectivity index is 1.47. The Labute approximate surface area is 141 Å². The topological polar surface area (TPSA) is 75.1 Å². The van der Waals surface area contributed by atoms with Gasteiger partial charge in [-0.15, -0.1) is 0 Å². The lowest BCUT2D eigenvalue weighted by Gasteiger charge is -2.33. The summed E-state index contributed by atoms with van der Waals surface area (Å²) in [5, 5.41) is 14.0. The van der Waals surface area contributed by atoms with Gasteiger partial charge in [0.25, 0.3) is 5.91 Å². The van der Waals surface area contributed by atoms with Crippen LogP contribution in [0, 0.1) is 0 Å². The number of hydrogen-bond acceptors (Lipinski definition) is 4. The molecule has 2 aliphatic rings. The van der Waals surface area contributed by atoms with Crippen molar-refractivity contribution in [2.75, 3.05) is 0 Å². The molecule has 126 valence electrons. The molecule has 2 aliphatic carbocycles. The van der Waals surface area contributed by atoms with E-state index in [1.165, 1.54) is 12.8 Å². The molecule has 2 aromatic rings. The molecular weight excluding hydrogens is 302 g/mol. The van der Waals surface area contributed by atoms with Gasteiger partial charge in [0.1, 0.15) is 0 Å². The van der Waals surface area contributed by atoms with E-state index in [2.05, 4.69) is 15.3 Å². The Morgan fingerprint density at radius 1 is 1.25 bits per heavy atom. The van der Waals surface area contributed by atoms with Crippen molar-refractivity contribution in [1.29, 1.82) is 0 Å². The number of carbonyl (C=O) groups excluding carboxylic acids is 1. The third-order valence-corrected chi connectivity index (χ3v) is 5.22. The highest BCUT2D eigenvalue weighted by molar-refractivity contribution is 5.97. The molecule has 5 heteroatoms. The van der Waals surface area contributed by atoms with Crippen LogP contribution in [0.5, 0.6) is 0 Å². The van der Waals surface area contributed by atoms with Crippen LogP contribution in [0.4, 0.5) is 0 Å². The monoisotopic (exact) mass is 325 g/mol. The molecule has 2 N–H and O–H groups in total. The molecule has 1 amide bonds. The number of pyridine rings is 2. The van der Waals surface area contributed by atoms with Crippen molar-refractivity contribution in [3.63, 3.8) is 0 Å². The van der Waals surface area contributed by atoms with E-state index in [0.29, 0.717) is 17.1 Å². The lowest BCUT2D eigenvalue weighted by atomic mass is 9.83. The van der Waals surface area contributed by atoms with Crippen LogP contribution in [0.3, 0.4) is 0 Å². The van der Waals surface area contributed by atoms with E-state index in [1.807, 2.05) is 25.1 Å². The van der Waals surface area contributed by atoms with Crippen LogP contribution in [0.2, 0.25) is 0 Å². The quantitative estimate of drug-likeness (QED) is 0.910. The number of carbonyl (C=O) groups is 1. The van der Waals surface area contributed by atoms with Gasteiger partial charge >= 0.3 is 0 Å². The lowest BCUT2D eigenvalue weighted by molar-refractivity contribution is 0.0140. The number of nitrogens with one attached hydrogen (secondary N) is 1. The highest BCUT2D eigenvalue weighted by atomic mass is 16.3. The molecule has 0 unspecified atom stereocenters. The first-order valence-corrected chi connectivity index (χ1v) is 8.80. The highest BCUT2D eigenvalue weighted by Gasteiger charge is 2.29. The lowest BCUT2D eigenvalue weighted by Crippen LogP contribution is -2.42. The molecule has 24 heavy (non-hydrogen) atoms. The Kier molecular flexibility index (Phi) is 3.76. The third kappa shape index (κ3) is 3.26. The first kappa shape index (κ1) is 15.5. The van der Waals surface area contributed by atoms with E-state index in [0.717, 1.165) is 36.8 Å². The number of amides is 1. The van der Waals surface area contributed by atoms with Crippen LogP contribution < -0.4 is 5.32 Å². The fraction of sp³-hybridized carbons (Fsp3) is 0.526. The molecule has 2 aromatic heterocycles. The van der Waals surface area contributed by atoms with Crippen molar-refractivity contribution in [3.05, 3.63) is 35.7 Å². The van der Waals surface area contributed by atoms with Crippen LogP contribution in [0.1, 0.15) is 67.4 Å². The van der Waals surface area contributed by atoms with Gasteiger partial charge in [0.2, 0.25) is 0 Å². The fourth-order valence-corrected chi connectivity index (χ4v) is 3.41. The van der Waals surface area contributed by atoms with Gasteiger partial charge in [0, 0.05) is 29.2 Å². The van der Waals surface area contributed by atoms with Crippen molar-refractivity contribution in [2.24, 2.45) is 0 Å². The van der Waals surface area contributed by atoms with Gasteiger partial charge in [0.05, 0.1) is 11.2 Å². The largest absolute Gasteiger partial charge is 0.390 e. The first-order chi connectivity index (χ1) is 11.5. The highest BCUT2D eigenvalue weighted by Crippen LogP contribution is 2.39. The van der Waals surface area contributed by atoms with Crippen molar-refractivity contribution in [2.45, 2.75) is 63.0 Å². The molecule has 4 rings (SSSR count). The smallest absolute Gasteiger partial charge is 0.253 e. The van der Waals surface area contributed by atoms with Gasteiger partial charge < -0.3 is 10.4 Å². The zero-order valence-electron chi connectivity index (χ0n) is 14.0. The van der Waals surface area contributed by atoms with Crippen molar-refractivity contribution >= 4 is 16.9 Å². The molecule has 0 aliphatic heterocycles. The SMILES string of the molecule is C[C@]1(O)CC[C@H](NC(=O)c2cnc3nc(C4CC4)ccc3c2)CC1. The van der Waals surface area contributed by atoms with Gasteiger partial charge in [-0.3, -0.25) is 4.79 Å². The van der Waals surface area contributed by atoms with Gasteiger partial charge in [-0.2, -0.15) is 0 Å². The summed E-state index contributed by atoms with van der Waals surface area (Å²) in [5.74, 6) is 0.505. The van der Waals surface area contributed by atoms with Crippen LogP contribution >= 0.6 is 0 Å². The van der Waals surface area contributed by atoms with E-state index in [-0.39, 0.29) is 11.9 Å². The zero-order valence-corrected chi connectivity index (χ0v) is 14.0. The second-order valence-corrected chi connectivity index (χ2v) is 7.53. The number of hydrogen-bond donors (Lipinski definition) is 2. The minimum Gasteiger partial charge on any atom is -0.390 e. The molecule has 0 spiro atoms. The predicted octanol–water partition coefficient (Wildman–Crippen LogP) is 2.93. The van der Waals surface area contributed by atoms with Gasteiger partial charge in [-0.25, -0.2) is 9.97 Å². The molecule has 2 saturated carbocycles. The molecule has 0 bridgehead atoms. The Bertz CT molecular complexity index is 773. The summed E-state index contributed by atoms with van der Waals surface area (Å²) in [7, 11) is 0. The molecule has 0 radical (unpaired) electrons. The molecule has 0 aromatic carbocycles. The zero-order chi connectivity index (χ0) is 16.7. The third-order valence-electron chi connectivity index (χ3n) is 5.22. The maximum absolute atomic E-state index is 12.5. The molecule has 5 nitrogen and oxygen atoms in total. The average Bonchev–Trinajstić information content (AvgIpc) is 3.41. The number of aromatic nitrogens is 2. The second kappa shape index (κ2) is 5.81. The molecule has 0 saturated heterocycles. The summed E-state index contributed by atoms with van der Waals surface area (Å²) in [6.07, 6.45) is 7.11. The minimum atomic E-state index is -0.587. The van der Waals surface area contributed by atoms with Crippen LogP contribution in [0.25, 0.3) is 11.0 Å². The van der Waals surface area contributed by atoms with E-state index >= 15 is 0 Å². The summed E-state index contributed by atoms with van der Waals surface area (Å²) in [6.45, 7) is 1.86. The summed E-state index contributed by atoms with van der Waals surface area (Å²) in [6, 6.07) is 6.05. The molecular formula is C19H23N3O2. The van der Waals surface area contributed by atoms with E-state index in [9.17, 15) is 9.90 Å². The maximum atomic E-state index is 12.5. The standard InChI is InChI=1S/C19H23N3O2/c1-19(24)8-6-15(7-9-19)21-18(23)14-10-13-4-5-16(12-2-3-12)22-17(13)20-11-14/h4-5,10-12,15,24H,2-3,6-9H2,1H3,(H,21,23)/t15-,19-. The van der Waals surface area contributed by atoms with E-state index in [4.69, 9.17) is 0 Å². The number of aliphatic hydroxyl groups is 1. The average molecular weight is 325 g/mol. The summed E-state index contributed by atoms with van der Waals surface area (Å²) < 4.78 is 0. The summed E-state index contributed by atoms with van der Waals surface area (Å²) in [5.41, 5.74) is 1.81. The fourth-order valence-electron chi connectivity index (χ4n) is 3.41. The Morgan fingerprint density at radius 2 is 2.00 bits per heavy atom. The molecule has 2 heterocycles. The van der Waals surface area contributed by atoms with Crippen molar-refractivity contribution in [1.82, 2.24) is 15.3 Å². The minimum absolute atomic E-state index is 0.0952. The first-order valence-electron chi connectivity index (χ1n) is 8.80. The number of rotatable bonds is 3. The van der Waals surface area contributed by atoms with Gasteiger partial charge in [-0.1, -0.05) is 0 Å². The second-order valence-electron chi connectivity index (χ2n) is 7.53. The van der Waals surface area contributed by atoms with Crippen LogP contribution in [0.15, 0.2) is 24.4 Å². The Hall–Kier alpha value is -2.01. The van der Waals surface area contributed by atoms with Gasteiger partial charge in [-0.05, 0) is 63.6 Å². The molecule has 2 fully saturated rings. The number of fused-ring (bicyclic) bond motifs is 1. The van der Waals surface area contributed by atoms with Crippen LogP contribution in [-0.2, 0) is 0 Å². The van der Waals surface area contributed by atoms with Crippen molar-refractivity contribution < 1.29 is 9.90 Å². The predicted molar refractivity (Wildman–Crippen MR) is 91.9 cm³/mol. The summed E-state index contributed by atoms with van der Waals surface area (Å²) >= 11 is 0.